The van der Waals surface area contributed by atoms with Crippen molar-refractivity contribution in [3.8, 4) is 0 Å². The van der Waals surface area contributed by atoms with Gasteiger partial charge < -0.3 is 20.5 Å². The highest BCUT2D eigenvalue weighted by Crippen LogP contribution is 2.46. The van der Waals surface area contributed by atoms with E-state index < -0.39 is 0 Å². The average molecular weight is 441 g/mol. The summed E-state index contributed by atoms with van der Waals surface area (Å²) in [5.41, 5.74) is 5.98. The lowest BCUT2D eigenvalue weighted by molar-refractivity contribution is 0.0951. The van der Waals surface area contributed by atoms with E-state index in [0.29, 0.717) is 6.54 Å². The Morgan fingerprint density at radius 1 is 1.00 bits per heavy atom. The molecular weight excluding hydrogens is 415 g/mol. The van der Waals surface area contributed by atoms with Crippen molar-refractivity contribution in [3.05, 3.63) is 101 Å². The Bertz CT molecular complexity index is 1380. The summed E-state index contributed by atoms with van der Waals surface area (Å²) in [5, 5.41) is 11.5. The number of carbonyl (C=O) groups excluding carboxylic acids is 1. The van der Waals surface area contributed by atoms with Crippen molar-refractivity contribution in [2.45, 2.75) is 24.5 Å². The third-order valence-corrected chi connectivity index (χ3v) is 6.98. The molecule has 2 aliphatic rings. The number of benzene rings is 3. The lowest BCUT2D eigenvalue weighted by atomic mass is 9.84. The van der Waals surface area contributed by atoms with Crippen LogP contribution < -0.4 is 16.0 Å². The Hall–Kier alpha value is -3.64. The number of carbonyl (C=O) groups is 1. The van der Waals surface area contributed by atoms with Crippen LogP contribution in [-0.2, 0) is 13.6 Å². The number of fused-ring (bicyclic) bond motifs is 3. The van der Waals surface area contributed by atoms with Gasteiger partial charge in [-0.3, -0.25) is 4.79 Å². The molecule has 0 saturated carbocycles. The smallest absolute Gasteiger partial charge is 0.252 e. The van der Waals surface area contributed by atoms with Gasteiger partial charge in [-0.05, 0) is 52.4 Å². The van der Waals surface area contributed by atoms with Crippen molar-refractivity contribution in [3.63, 3.8) is 0 Å². The Balaban J connectivity index is 1.26. The summed E-state index contributed by atoms with van der Waals surface area (Å²) in [7, 11) is 2.05. The second-order valence-corrected chi connectivity index (χ2v) is 9.00. The fourth-order valence-electron chi connectivity index (χ4n) is 5.39. The van der Waals surface area contributed by atoms with E-state index >= 15 is 0 Å². The molecule has 0 fully saturated rings. The maximum atomic E-state index is 14.0. The normalized spacial score (nSPS) is 21.0. The SMILES string of the molecule is Cn1ccc2ccc(CNCC3Nc4cc(F)ccc4C3C3NC(=O)c4ccccc43)cc21. The number of anilines is 1. The molecule has 0 radical (unpaired) electrons. The van der Waals surface area contributed by atoms with Gasteiger partial charge in [0.25, 0.3) is 5.91 Å². The molecule has 0 saturated heterocycles. The molecule has 3 N–H and O–H groups in total. The van der Waals surface area contributed by atoms with Crippen molar-refractivity contribution in [1.29, 1.82) is 0 Å². The van der Waals surface area contributed by atoms with Crippen LogP contribution in [-0.4, -0.2) is 23.1 Å². The molecule has 33 heavy (non-hydrogen) atoms. The van der Waals surface area contributed by atoms with Crippen LogP contribution in [0, 0.1) is 5.82 Å². The summed E-state index contributed by atoms with van der Waals surface area (Å²) in [5.74, 6) is -0.315. The van der Waals surface area contributed by atoms with E-state index in [0.717, 1.165) is 28.9 Å². The molecule has 2 aliphatic heterocycles. The van der Waals surface area contributed by atoms with Crippen LogP contribution >= 0.6 is 0 Å². The molecule has 4 aromatic rings. The molecule has 3 heterocycles. The van der Waals surface area contributed by atoms with E-state index in [1.807, 2.05) is 30.3 Å². The molecule has 6 heteroatoms. The number of nitrogens with zero attached hydrogens (tertiary/aromatic N) is 1. The second-order valence-electron chi connectivity index (χ2n) is 9.00. The van der Waals surface area contributed by atoms with Crippen molar-refractivity contribution < 1.29 is 9.18 Å². The molecule has 6 rings (SSSR count). The largest absolute Gasteiger partial charge is 0.380 e. The third-order valence-electron chi connectivity index (χ3n) is 6.98. The summed E-state index contributed by atoms with van der Waals surface area (Å²) < 4.78 is 16.1. The monoisotopic (exact) mass is 440 g/mol. The second kappa shape index (κ2) is 7.74. The first-order valence-corrected chi connectivity index (χ1v) is 11.3. The van der Waals surface area contributed by atoms with Crippen LogP contribution in [0.2, 0.25) is 0 Å². The van der Waals surface area contributed by atoms with E-state index in [-0.39, 0.29) is 29.7 Å². The lowest BCUT2D eigenvalue weighted by Gasteiger charge is -2.27. The first kappa shape index (κ1) is 20.0. The van der Waals surface area contributed by atoms with Crippen molar-refractivity contribution in [2.75, 3.05) is 11.9 Å². The molecule has 0 aliphatic carbocycles. The van der Waals surface area contributed by atoms with Gasteiger partial charge in [-0.1, -0.05) is 36.4 Å². The molecule has 0 spiro atoms. The van der Waals surface area contributed by atoms with Crippen LogP contribution in [0.4, 0.5) is 10.1 Å². The molecule has 1 aromatic heterocycles. The zero-order valence-corrected chi connectivity index (χ0v) is 18.3. The number of aryl methyl sites for hydroxylation is 1. The number of nitrogens with one attached hydrogen (secondary N) is 3. The molecule has 3 aromatic carbocycles. The number of hydrogen-bond donors (Lipinski definition) is 3. The molecule has 166 valence electrons. The Kier molecular flexibility index (Phi) is 4.69. The number of rotatable bonds is 5. The van der Waals surface area contributed by atoms with Crippen LogP contribution in [0.15, 0.2) is 72.9 Å². The molecule has 0 bridgehead atoms. The summed E-state index contributed by atoms with van der Waals surface area (Å²) in [6.07, 6.45) is 2.07. The molecule has 3 atom stereocenters. The maximum Gasteiger partial charge on any atom is 0.252 e. The van der Waals surface area contributed by atoms with Crippen molar-refractivity contribution >= 4 is 22.5 Å². The average Bonchev–Trinajstić information content (AvgIpc) is 3.47. The number of amides is 1. The molecule has 1 amide bonds. The lowest BCUT2D eigenvalue weighted by Crippen LogP contribution is -2.38. The first-order valence-electron chi connectivity index (χ1n) is 11.3. The van der Waals surface area contributed by atoms with E-state index in [4.69, 9.17) is 0 Å². The van der Waals surface area contributed by atoms with Gasteiger partial charge in [0.05, 0.1) is 6.04 Å². The maximum absolute atomic E-state index is 14.0. The van der Waals surface area contributed by atoms with Crippen LogP contribution in [0.3, 0.4) is 0 Å². The highest BCUT2D eigenvalue weighted by molar-refractivity contribution is 5.99. The number of hydrogen-bond acceptors (Lipinski definition) is 3. The fourth-order valence-corrected chi connectivity index (χ4v) is 5.39. The first-order chi connectivity index (χ1) is 16.1. The van der Waals surface area contributed by atoms with Crippen LogP contribution in [0.1, 0.15) is 39.0 Å². The molecule has 5 nitrogen and oxygen atoms in total. The van der Waals surface area contributed by atoms with Gasteiger partial charge in [0.1, 0.15) is 5.82 Å². The fraction of sp³-hybridized carbons (Fsp3) is 0.222. The minimum absolute atomic E-state index is 0.00365. The van der Waals surface area contributed by atoms with Crippen molar-refractivity contribution in [2.24, 2.45) is 7.05 Å². The van der Waals surface area contributed by atoms with E-state index in [1.165, 1.54) is 22.5 Å². The van der Waals surface area contributed by atoms with E-state index in [2.05, 4.69) is 58.0 Å². The minimum atomic E-state index is -0.264. The number of halogens is 1. The Morgan fingerprint density at radius 2 is 1.88 bits per heavy atom. The highest BCUT2D eigenvalue weighted by Gasteiger charge is 2.43. The van der Waals surface area contributed by atoms with Gasteiger partial charge in [-0.15, -0.1) is 0 Å². The predicted octanol–water partition coefficient (Wildman–Crippen LogP) is 4.47. The predicted molar refractivity (Wildman–Crippen MR) is 128 cm³/mol. The summed E-state index contributed by atoms with van der Waals surface area (Å²) in [6, 6.07) is 21.1. The van der Waals surface area contributed by atoms with Gasteiger partial charge in [-0.25, -0.2) is 4.39 Å². The summed E-state index contributed by atoms with van der Waals surface area (Å²) in [6.45, 7) is 1.41. The zero-order valence-electron chi connectivity index (χ0n) is 18.3. The van der Waals surface area contributed by atoms with Gasteiger partial charge >= 0.3 is 0 Å². The third kappa shape index (κ3) is 3.38. The molecule has 3 unspecified atom stereocenters. The standard InChI is InChI=1S/C27H25FN4O/c1-32-11-10-17-7-6-16(12-24(17)32)14-29-15-23-25(21-9-8-18(28)13-22(21)30-23)26-19-4-2-3-5-20(19)27(33)31-26/h2-13,23,25-26,29-30H,14-15H2,1H3,(H,31,33). The minimum Gasteiger partial charge on any atom is -0.380 e. The Labute approximate surface area is 191 Å². The number of aromatic nitrogens is 1. The van der Waals surface area contributed by atoms with Gasteiger partial charge in [0.2, 0.25) is 0 Å². The van der Waals surface area contributed by atoms with Gasteiger partial charge in [0.15, 0.2) is 0 Å². The van der Waals surface area contributed by atoms with E-state index in [1.54, 1.807) is 6.07 Å². The Morgan fingerprint density at radius 3 is 2.79 bits per heavy atom. The zero-order chi connectivity index (χ0) is 22.5. The van der Waals surface area contributed by atoms with Gasteiger partial charge in [-0.2, -0.15) is 0 Å². The van der Waals surface area contributed by atoms with Crippen LogP contribution in [0.5, 0.6) is 0 Å². The topological polar surface area (TPSA) is 58.1 Å². The van der Waals surface area contributed by atoms with Gasteiger partial charge in [0, 0.05) is 55.1 Å². The summed E-state index contributed by atoms with van der Waals surface area (Å²) in [4.78, 5) is 12.6. The quantitative estimate of drug-likeness (QED) is 0.429. The summed E-state index contributed by atoms with van der Waals surface area (Å²) >= 11 is 0. The molecular formula is C27H25FN4O. The highest BCUT2D eigenvalue weighted by atomic mass is 19.1. The van der Waals surface area contributed by atoms with Crippen LogP contribution in [0.25, 0.3) is 10.9 Å². The van der Waals surface area contributed by atoms with E-state index in [9.17, 15) is 9.18 Å². The van der Waals surface area contributed by atoms with Crippen molar-refractivity contribution in [1.82, 2.24) is 15.2 Å².